The Morgan fingerprint density at radius 2 is 2.57 bits per heavy atom. The minimum atomic E-state index is -1.53. The first kappa shape index (κ1) is 7.37. The summed E-state index contributed by atoms with van der Waals surface area (Å²) in [7, 11) is 1.78. The molecule has 1 heterocycles. The number of benzene rings is 1. The Balaban J connectivity index is 2.45. The van der Waals surface area contributed by atoms with Gasteiger partial charge in [0.1, 0.15) is 5.82 Å². The van der Waals surface area contributed by atoms with Gasteiger partial charge in [0.25, 0.3) is 0 Å². The Morgan fingerprint density at radius 3 is 3.36 bits per heavy atom. The summed E-state index contributed by atoms with van der Waals surface area (Å²) >= 11 is 0. The summed E-state index contributed by atoms with van der Waals surface area (Å²) < 4.78 is 34.2. The van der Waals surface area contributed by atoms with Crippen molar-refractivity contribution in [3.05, 3.63) is 35.1 Å². The molecule has 1 aliphatic rings. The molecule has 0 aromatic heterocycles. The Hall–Kier alpha value is -0.930. The van der Waals surface area contributed by atoms with E-state index in [1.54, 1.807) is 7.05 Å². The number of hydrogen-bond donors (Lipinski definition) is 1. The van der Waals surface area contributed by atoms with Gasteiger partial charge in [-0.3, -0.25) is 0 Å². The lowest BCUT2D eigenvalue weighted by Gasteiger charge is -2.25. The number of fused-ring (bicyclic) bond motifs is 1. The van der Waals surface area contributed by atoms with Crippen LogP contribution in [0.15, 0.2) is 18.2 Å². The molecule has 1 aromatic rings. The SMILES string of the molecule is [2H]C1([2H])CO[C@@H](CNC)c2cc(F)ccc21. The van der Waals surface area contributed by atoms with Gasteiger partial charge in [-0.25, -0.2) is 4.39 Å². The van der Waals surface area contributed by atoms with E-state index < -0.39 is 6.37 Å². The average Bonchev–Trinajstić information content (AvgIpc) is 2.22. The van der Waals surface area contributed by atoms with E-state index in [0.717, 1.165) is 0 Å². The minimum Gasteiger partial charge on any atom is -0.372 e. The fourth-order valence-electron chi connectivity index (χ4n) is 1.63. The molecule has 14 heavy (non-hydrogen) atoms. The van der Waals surface area contributed by atoms with E-state index in [-0.39, 0.29) is 18.5 Å². The van der Waals surface area contributed by atoms with E-state index in [9.17, 15) is 4.39 Å². The predicted molar refractivity (Wildman–Crippen MR) is 52.7 cm³/mol. The molecule has 1 N–H and O–H groups in total. The Morgan fingerprint density at radius 1 is 1.71 bits per heavy atom. The molecule has 0 saturated carbocycles. The van der Waals surface area contributed by atoms with Crippen LogP contribution in [-0.4, -0.2) is 20.2 Å². The first-order chi connectivity index (χ1) is 7.54. The number of nitrogens with one attached hydrogen (secondary N) is 1. The normalized spacial score (nSPS) is 26.3. The third kappa shape index (κ3) is 1.79. The van der Waals surface area contributed by atoms with Gasteiger partial charge in [0.15, 0.2) is 0 Å². The van der Waals surface area contributed by atoms with Crippen LogP contribution in [-0.2, 0) is 11.1 Å². The van der Waals surface area contributed by atoms with Crippen molar-refractivity contribution in [2.75, 3.05) is 20.2 Å². The monoisotopic (exact) mass is 197 g/mol. The molecular formula is C11H14FNO. The van der Waals surface area contributed by atoms with E-state index in [1.807, 2.05) is 0 Å². The van der Waals surface area contributed by atoms with Crippen molar-refractivity contribution in [3.63, 3.8) is 0 Å². The predicted octanol–water partition coefficient (Wildman–Crippen LogP) is 1.66. The van der Waals surface area contributed by atoms with Crippen molar-refractivity contribution in [3.8, 4) is 0 Å². The molecule has 0 amide bonds. The molecule has 1 aliphatic heterocycles. The molecule has 3 heteroatoms. The summed E-state index contributed by atoms with van der Waals surface area (Å²) in [4.78, 5) is 0. The molecule has 1 aromatic carbocycles. The molecule has 0 fully saturated rings. The molecule has 0 radical (unpaired) electrons. The van der Waals surface area contributed by atoms with Crippen LogP contribution in [0.3, 0.4) is 0 Å². The molecule has 0 aliphatic carbocycles. The quantitative estimate of drug-likeness (QED) is 0.778. The van der Waals surface area contributed by atoms with Crippen molar-refractivity contribution in [2.45, 2.75) is 12.5 Å². The van der Waals surface area contributed by atoms with E-state index >= 15 is 0 Å². The first-order valence-electron chi connectivity index (χ1n) is 5.61. The van der Waals surface area contributed by atoms with E-state index in [4.69, 9.17) is 7.48 Å². The van der Waals surface area contributed by atoms with Gasteiger partial charge in [-0.1, -0.05) is 6.07 Å². The Kier molecular flexibility index (Phi) is 2.14. The first-order valence-corrected chi connectivity index (χ1v) is 4.61. The second-order valence-corrected chi connectivity index (χ2v) is 3.27. The fraction of sp³-hybridized carbons (Fsp3) is 0.455. The van der Waals surface area contributed by atoms with Gasteiger partial charge in [0, 0.05) is 9.29 Å². The zero-order chi connectivity index (χ0) is 11.8. The number of halogens is 1. The standard InChI is InChI=1S/C11H14FNO/c1-13-7-11-10-6-9(12)3-2-8(10)4-5-14-11/h2-3,6,11,13H,4-5,7H2,1H3/t11-/m0/s1/i4D2. The highest BCUT2D eigenvalue weighted by Crippen LogP contribution is 2.27. The average molecular weight is 197 g/mol. The highest BCUT2D eigenvalue weighted by molar-refractivity contribution is 5.31. The number of rotatable bonds is 2. The van der Waals surface area contributed by atoms with E-state index in [1.165, 1.54) is 18.2 Å². The van der Waals surface area contributed by atoms with Gasteiger partial charge in [0.05, 0.1) is 12.7 Å². The molecule has 0 spiro atoms. The van der Waals surface area contributed by atoms with Crippen LogP contribution in [0.25, 0.3) is 0 Å². The number of likely N-dealkylation sites (N-methyl/N-ethyl adjacent to an activating group) is 1. The number of hydrogen-bond acceptors (Lipinski definition) is 2. The summed E-state index contributed by atoms with van der Waals surface area (Å²) in [5, 5.41) is 2.96. The van der Waals surface area contributed by atoms with Crippen LogP contribution < -0.4 is 5.32 Å². The maximum atomic E-state index is 13.2. The van der Waals surface area contributed by atoms with Gasteiger partial charge in [0.2, 0.25) is 0 Å². The molecule has 2 nitrogen and oxygen atoms in total. The Bertz CT molecular complexity index is 398. The van der Waals surface area contributed by atoms with Gasteiger partial charge in [-0.15, -0.1) is 0 Å². The van der Waals surface area contributed by atoms with Crippen molar-refractivity contribution in [1.29, 1.82) is 0 Å². The molecule has 76 valence electrons. The topological polar surface area (TPSA) is 21.3 Å². The van der Waals surface area contributed by atoms with Crippen molar-refractivity contribution >= 4 is 0 Å². The molecular weight excluding hydrogens is 181 g/mol. The maximum absolute atomic E-state index is 13.2. The van der Waals surface area contributed by atoms with Gasteiger partial charge in [-0.2, -0.15) is 0 Å². The highest BCUT2D eigenvalue weighted by Gasteiger charge is 2.20. The molecule has 0 saturated heterocycles. The van der Waals surface area contributed by atoms with E-state index in [0.29, 0.717) is 17.7 Å². The summed E-state index contributed by atoms with van der Waals surface area (Å²) in [5.74, 6) is -0.360. The van der Waals surface area contributed by atoms with Crippen LogP contribution in [0.4, 0.5) is 4.39 Å². The third-order valence-electron chi connectivity index (χ3n) is 2.30. The van der Waals surface area contributed by atoms with Crippen molar-refractivity contribution < 1.29 is 11.9 Å². The van der Waals surface area contributed by atoms with Crippen LogP contribution in [0.2, 0.25) is 0 Å². The summed E-state index contributed by atoms with van der Waals surface area (Å²) in [6.45, 7) is 0.560. The van der Waals surface area contributed by atoms with Crippen molar-refractivity contribution in [1.82, 2.24) is 5.32 Å². The zero-order valence-corrected chi connectivity index (χ0v) is 8.01. The molecule has 0 bridgehead atoms. The number of ether oxygens (including phenoxy) is 1. The lowest BCUT2D eigenvalue weighted by Crippen LogP contribution is -2.25. The lowest BCUT2D eigenvalue weighted by molar-refractivity contribution is 0.0436. The zero-order valence-electron chi connectivity index (χ0n) is 10.0. The second kappa shape index (κ2) is 4.07. The summed E-state index contributed by atoms with van der Waals surface area (Å²) in [5.41, 5.74) is 1.13. The largest absolute Gasteiger partial charge is 0.372 e. The van der Waals surface area contributed by atoms with Crippen LogP contribution >= 0.6 is 0 Å². The van der Waals surface area contributed by atoms with Gasteiger partial charge in [-0.05, 0) is 36.7 Å². The smallest absolute Gasteiger partial charge is 0.123 e. The molecule has 1 atom stereocenters. The second-order valence-electron chi connectivity index (χ2n) is 3.27. The summed E-state index contributed by atoms with van der Waals surface area (Å²) in [6.07, 6.45) is -1.81. The van der Waals surface area contributed by atoms with Crippen LogP contribution in [0.1, 0.15) is 20.0 Å². The molecule has 0 unspecified atom stereocenters. The van der Waals surface area contributed by atoms with Crippen molar-refractivity contribution in [2.24, 2.45) is 0 Å². The van der Waals surface area contributed by atoms with E-state index in [2.05, 4.69) is 5.32 Å². The summed E-state index contributed by atoms with van der Waals surface area (Å²) in [6, 6.07) is 4.16. The third-order valence-corrected chi connectivity index (χ3v) is 2.30. The minimum absolute atomic E-state index is 0.0119. The van der Waals surface area contributed by atoms with Gasteiger partial charge >= 0.3 is 0 Å². The molecule has 2 rings (SSSR count). The Labute approximate surface area is 85.9 Å². The lowest BCUT2D eigenvalue weighted by atomic mass is 9.97. The maximum Gasteiger partial charge on any atom is 0.123 e. The highest BCUT2D eigenvalue weighted by atomic mass is 19.1. The van der Waals surface area contributed by atoms with Gasteiger partial charge < -0.3 is 10.1 Å². The van der Waals surface area contributed by atoms with Crippen LogP contribution in [0.5, 0.6) is 0 Å². The van der Waals surface area contributed by atoms with Crippen LogP contribution in [0, 0.1) is 5.82 Å². The fourth-order valence-corrected chi connectivity index (χ4v) is 1.63.